The van der Waals surface area contributed by atoms with Crippen molar-refractivity contribution in [2.24, 2.45) is 0 Å². The summed E-state index contributed by atoms with van der Waals surface area (Å²) < 4.78 is 43.6. The quantitative estimate of drug-likeness (QED) is 0.435. The summed E-state index contributed by atoms with van der Waals surface area (Å²) in [6.07, 6.45) is 2.79. The van der Waals surface area contributed by atoms with Crippen molar-refractivity contribution in [1.29, 1.82) is 5.26 Å². The monoisotopic (exact) mass is 482 g/mol. The molecule has 1 amide bonds. The first-order valence-electron chi connectivity index (χ1n) is 10.3. The van der Waals surface area contributed by atoms with Gasteiger partial charge in [-0.15, -0.1) is 0 Å². The average Bonchev–Trinajstić information content (AvgIpc) is 3.14. The number of nitrogens with one attached hydrogen (secondary N) is 1. The second-order valence-corrected chi connectivity index (χ2v) is 10.0. The van der Waals surface area contributed by atoms with Gasteiger partial charge in [0.1, 0.15) is 34.4 Å². The van der Waals surface area contributed by atoms with E-state index in [0.29, 0.717) is 11.2 Å². The van der Waals surface area contributed by atoms with Crippen LogP contribution in [0, 0.1) is 24.1 Å². The molecule has 0 unspecified atom stereocenters. The van der Waals surface area contributed by atoms with Crippen molar-refractivity contribution < 1.29 is 22.3 Å². The molecule has 1 aromatic carbocycles. The van der Waals surface area contributed by atoms with Gasteiger partial charge in [-0.1, -0.05) is 6.07 Å². The van der Waals surface area contributed by atoms with E-state index in [-0.39, 0.29) is 35.1 Å². The Morgan fingerprint density at radius 1 is 1.32 bits per heavy atom. The van der Waals surface area contributed by atoms with Crippen LogP contribution >= 0.6 is 0 Å². The Balaban J connectivity index is 1.78. The van der Waals surface area contributed by atoms with Crippen LogP contribution in [0.5, 0.6) is 11.6 Å². The minimum Gasteiger partial charge on any atom is -0.438 e. The van der Waals surface area contributed by atoms with E-state index in [0.717, 1.165) is 6.08 Å². The van der Waals surface area contributed by atoms with Gasteiger partial charge < -0.3 is 10.1 Å². The van der Waals surface area contributed by atoms with Crippen LogP contribution < -0.4 is 15.6 Å². The maximum Gasteiger partial charge on any atom is 0.269 e. The molecule has 0 spiro atoms. The standard InChI is InChI=1S/C23H19FN4O5S/c1-14-3-2-9-28-20(14)27-22(33-18-6-4-16(24)5-7-18)19(23(28)30)11-15(12-25)21(29)26-17-8-10-34(31,32)13-17/h2-7,9,11,17H,8,10,13H2,1H3,(H,26,29)/b15-11+/t17-/m1/s1. The maximum absolute atomic E-state index is 13.3. The molecule has 1 N–H and O–H groups in total. The number of benzene rings is 1. The predicted octanol–water partition coefficient (Wildman–Crippen LogP) is 2.14. The average molecular weight is 482 g/mol. The van der Waals surface area contributed by atoms with Gasteiger partial charge in [0.15, 0.2) is 9.84 Å². The molecule has 1 aliphatic heterocycles. The highest BCUT2D eigenvalue weighted by Gasteiger charge is 2.30. The molecule has 0 aliphatic carbocycles. The van der Waals surface area contributed by atoms with E-state index in [4.69, 9.17) is 4.74 Å². The second-order valence-electron chi connectivity index (χ2n) is 7.82. The highest BCUT2D eigenvalue weighted by molar-refractivity contribution is 7.91. The minimum absolute atomic E-state index is 0.0471. The third-order valence-electron chi connectivity index (χ3n) is 5.30. The first-order valence-corrected chi connectivity index (χ1v) is 12.1. The molecule has 0 radical (unpaired) electrons. The van der Waals surface area contributed by atoms with Crippen molar-refractivity contribution >= 4 is 27.5 Å². The fraction of sp³-hybridized carbons (Fsp3) is 0.217. The SMILES string of the molecule is Cc1cccn2c(=O)c(/C=C(\C#N)C(=O)N[C@@H]3CCS(=O)(=O)C3)c(Oc3ccc(F)cc3)nc12. The summed E-state index contributed by atoms with van der Waals surface area (Å²) in [5.41, 5.74) is -0.187. The lowest BCUT2D eigenvalue weighted by molar-refractivity contribution is -0.117. The van der Waals surface area contributed by atoms with E-state index in [1.165, 1.54) is 34.9 Å². The Bertz CT molecular complexity index is 1520. The van der Waals surface area contributed by atoms with Gasteiger partial charge in [0, 0.05) is 12.2 Å². The number of halogens is 1. The minimum atomic E-state index is -3.24. The van der Waals surface area contributed by atoms with E-state index in [2.05, 4.69) is 10.3 Å². The molecule has 0 saturated carbocycles. The summed E-state index contributed by atoms with van der Waals surface area (Å²) in [6, 6.07) is 9.58. The Hall–Kier alpha value is -4.04. The van der Waals surface area contributed by atoms with Crippen LogP contribution in [0.2, 0.25) is 0 Å². The molecule has 1 atom stereocenters. The van der Waals surface area contributed by atoms with Crippen LogP contribution in [-0.4, -0.2) is 41.3 Å². The first-order chi connectivity index (χ1) is 16.2. The first kappa shape index (κ1) is 23.1. The van der Waals surface area contributed by atoms with Crippen LogP contribution in [0.15, 0.2) is 53.0 Å². The Kier molecular flexibility index (Phi) is 6.17. The molecule has 1 saturated heterocycles. The van der Waals surface area contributed by atoms with Crippen molar-refractivity contribution in [3.63, 3.8) is 0 Å². The number of pyridine rings is 1. The van der Waals surface area contributed by atoms with Gasteiger partial charge >= 0.3 is 0 Å². The Morgan fingerprint density at radius 3 is 2.71 bits per heavy atom. The third kappa shape index (κ3) is 4.82. The fourth-order valence-corrected chi connectivity index (χ4v) is 5.25. The zero-order chi connectivity index (χ0) is 24.5. The number of amides is 1. The molecule has 0 bridgehead atoms. The number of rotatable bonds is 5. The zero-order valence-corrected chi connectivity index (χ0v) is 18.8. The number of nitrogens with zero attached hydrogens (tertiary/aromatic N) is 3. The normalized spacial score (nSPS) is 17.3. The van der Waals surface area contributed by atoms with Gasteiger partial charge in [-0.25, -0.2) is 12.8 Å². The highest BCUT2D eigenvalue weighted by atomic mass is 32.2. The maximum atomic E-state index is 13.3. The van der Waals surface area contributed by atoms with Crippen LogP contribution in [0.1, 0.15) is 17.5 Å². The van der Waals surface area contributed by atoms with Crippen molar-refractivity contribution in [2.45, 2.75) is 19.4 Å². The number of hydrogen-bond acceptors (Lipinski definition) is 7. The van der Waals surface area contributed by atoms with Gasteiger partial charge in [-0.05, 0) is 55.3 Å². The van der Waals surface area contributed by atoms with Crippen molar-refractivity contribution in [3.05, 3.63) is 75.5 Å². The number of nitriles is 1. The van der Waals surface area contributed by atoms with Crippen molar-refractivity contribution in [3.8, 4) is 17.7 Å². The van der Waals surface area contributed by atoms with Gasteiger partial charge in [0.05, 0.1) is 11.5 Å². The van der Waals surface area contributed by atoms with E-state index < -0.39 is 38.7 Å². The summed E-state index contributed by atoms with van der Waals surface area (Å²) in [7, 11) is -3.24. The third-order valence-corrected chi connectivity index (χ3v) is 7.07. The number of fused-ring (bicyclic) bond motifs is 1. The number of ether oxygens (including phenoxy) is 1. The molecule has 11 heteroatoms. The fourth-order valence-electron chi connectivity index (χ4n) is 3.57. The smallest absolute Gasteiger partial charge is 0.269 e. The van der Waals surface area contributed by atoms with Gasteiger partial charge in [-0.2, -0.15) is 10.2 Å². The van der Waals surface area contributed by atoms with E-state index in [9.17, 15) is 27.7 Å². The molecule has 9 nitrogen and oxygen atoms in total. The molecule has 2 aromatic heterocycles. The summed E-state index contributed by atoms with van der Waals surface area (Å²) in [6.45, 7) is 1.75. The number of carbonyl (C=O) groups excluding carboxylic acids is 1. The second kappa shape index (κ2) is 9.07. The lowest BCUT2D eigenvalue weighted by Crippen LogP contribution is -2.36. The van der Waals surface area contributed by atoms with Crippen LogP contribution in [0.25, 0.3) is 11.7 Å². The molecule has 1 aliphatic rings. The van der Waals surface area contributed by atoms with E-state index >= 15 is 0 Å². The summed E-state index contributed by atoms with van der Waals surface area (Å²) >= 11 is 0. The van der Waals surface area contributed by atoms with E-state index in [1.807, 2.05) is 0 Å². The van der Waals surface area contributed by atoms with Gasteiger partial charge in [0.25, 0.3) is 11.5 Å². The molecule has 3 aromatic rings. The lowest BCUT2D eigenvalue weighted by atomic mass is 10.1. The highest BCUT2D eigenvalue weighted by Crippen LogP contribution is 2.25. The number of carbonyl (C=O) groups is 1. The van der Waals surface area contributed by atoms with Gasteiger partial charge in [0.2, 0.25) is 5.88 Å². The predicted molar refractivity (Wildman–Crippen MR) is 121 cm³/mol. The summed E-state index contributed by atoms with van der Waals surface area (Å²) in [4.78, 5) is 30.3. The Labute approximate surface area is 194 Å². The lowest BCUT2D eigenvalue weighted by Gasteiger charge is -2.12. The number of sulfone groups is 1. The summed E-state index contributed by atoms with van der Waals surface area (Å²) in [5.74, 6) is -1.53. The molecule has 1 fully saturated rings. The number of aromatic nitrogens is 2. The van der Waals surface area contributed by atoms with Gasteiger partial charge in [-0.3, -0.25) is 14.0 Å². The number of aryl methyl sites for hydroxylation is 1. The molecule has 174 valence electrons. The van der Waals surface area contributed by atoms with Crippen LogP contribution in [0.4, 0.5) is 4.39 Å². The molecular weight excluding hydrogens is 463 g/mol. The molecule has 4 rings (SSSR count). The van der Waals surface area contributed by atoms with Crippen LogP contribution in [0.3, 0.4) is 0 Å². The van der Waals surface area contributed by atoms with E-state index in [1.54, 1.807) is 25.1 Å². The number of hydrogen-bond donors (Lipinski definition) is 1. The Morgan fingerprint density at radius 2 is 2.06 bits per heavy atom. The molecule has 34 heavy (non-hydrogen) atoms. The molecule has 3 heterocycles. The van der Waals surface area contributed by atoms with Crippen molar-refractivity contribution in [1.82, 2.24) is 14.7 Å². The molecular formula is C23H19FN4O5S. The summed E-state index contributed by atoms with van der Waals surface area (Å²) in [5, 5.41) is 12.1. The zero-order valence-electron chi connectivity index (χ0n) is 18.0. The largest absolute Gasteiger partial charge is 0.438 e. The van der Waals surface area contributed by atoms with Crippen LogP contribution in [-0.2, 0) is 14.6 Å². The topological polar surface area (TPSA) is 131 Å². The van der Waals surface area contributed by atoms with Crippen molar-refractivity contribution in [2.75, 3.05) is 11.5 Å².